The Balaban J connectivity index is 1.86. The van der Waals surface area contributed by atoms with E-state index in [1.807, 2.05) is 24.3 Å². The number of nitrogens with zero attached hydrogens (tertiary/aromatic N) is 1. The van der Waals surface area contributed by atoms with Gasteiger partial charge in [0.15, 0.2) is 0 Å². The average Bonchev–Trinajstić information content (AvgIpc) is 2.72. The van der Waals surface area contributed by atoms with Crippen LogP contribution in [0, 0.1) is 0 Å². The topological polar surface area (TPSA) is 80.3 Å². The highest BCUT2D eigenvalue weighted by molar-refractivity contribution is 7.92. The Labute approximate surface area is 176 Å². The third kappa shape index (κ3) is 4.02. The maximum Gasteiger partial charge on any atom is 0.229 e. The third-order valence-electron chi connectivity index (χ3n) is 4.92. The van der Waals surface area contributed by atoms with E-state index in [1.54, 1.807) is 25.3 Å². The van der Waals surface area contributed by atoms with Crippen molar-refractivity contribution in [2.75, 3.05) is 23.4 Å². The van der Waals surface area contributed by atoms with E-state index in [1.165, 1.54) is 5.56 Å². The van der Waals surface area contributed by atoms with Gasteiger partial charge in [0.05, 0.1) is 41.5 Å². The number of hydrogen-bond donors (Lipinski definition) is 2. The third-order valence-corrected chi connectivity index (χ3v) is 5.52. The van der Waals surface area contributed by atoms with Crippen LogP contribution in [0.5, 0.6) is 5.75 Å². The van der Waals surface area contributed by atoms with E-state index in [2.05, 4.69) is 35.2 Å². The van der Waals surface area contributed by atoms with Crippen LogP contribution in [0.4, 0.5) is 17.1 Å². The number of aryl methyl sites for hydroxylation is 1. The molecular weight excluding hydrogens is 398 g/mol. The zero-order valence-electron chi connectivity index (χ0n) is 17.1. The average molecular weight is 422 g/mol. The first-order chi connectivity index (χ1) is 14.4. The molecule has 0 bridgehead atoms. The zero-order chi connectivity index (χ0) is 21.3. The van der Waals surface area contributed by atoms with Crippen molar-refractivity contribution in [1.29, 1.82) is 0 Å². The molecule has 0 aliphatic carbocycles. The fourth-order valence-electron chi connectivity index (χ4n) is 3.50. The Morgan fingerprint density at radius 2 is 1.73 bits per heavy atom. The number of ether oxygens (including phenoxy) is 1. The monoisotopic (exact) mass is 421 g/mol. The van der Waals surface area contributed by atoms with Gasteiger partial charge in [-0.1, -0.05) is 37.3 Å². The Bertz CT molecular complexity index is 1350. The molecule has 0 spiro atoms. The predicted molar refractivity (Wildman–Crippen MR) is 123 cm³/mol. The van der Waals surface area contributed by atoms with E-state index in [-0.39, 0.29) is 0 Å². The Morgan fingerprint density at radius 3 is 2.47 bits per heavy atom. The number of pyridine rings is 1. The molecule has 3 aromatic carbocycles. The van der Waals surface area contributed by atoms with Crippen LogP contribution >= 0.6 is 0 Å². The summed E-state index contributed by atoms with van der Waals surface area (Å²) in [6.45, 7) is 2.12. The van der Waals surface area contributed by atoms with Gasteiger partial charge in [-0.15, -0.1) is 0 Å². The van der Waals surface area contributed by atoms with E-state index in [4.69, 9.17) is 9.72 Å². The maximum atomic E-state index is 11.5. The zero-order valence-corrected chi connectivity index (χ0v) is 17.9. The molecule has 6 nitrogen and oxygen atoms in total. The van der Waals surface area contributed by atoms with E-state index in [0.717, 1.165) is 45.9 Å². The second-order valence-corrected chi connectivity index (χ2v) is 8.87. The fraction of sp³-hybridized carbons (Fsp3) is 0.174. The van der Waals surface area contributed by atoms with Gasteiger partial charge in [0.2, 0.25) is 10.0 Å². The van der Waals surface area contributed by atoms with Crippen molar-refractivity contribution in [3.05, 3.63) is 66.2 Å². The summed E-state index contributed by atoms with van der Waals surface area (Å²) in [5.41, 5.74) is 5.15. The van der Waals surface area contributed by atoms with Crippen LogP contribution < -0.4 is 14.8 Å². The fourth-order valence-corrected chi connectivity index (χ4v) is 4.05. The molecule has 4 aromatic rings. The molecule has 0 aliphatic rings. The van der Waals surface area contributed by atoms with Crippen LogP contribution in [-0.4, -0.2) is 26.8 Å². The predicted octanol–water partition coefficient (Wildman–Crippen LogP) is 5.07. The molecule has 1 heterocycles. The molecule has 30 heavy (non-hydrogen) atoms. The largest absolute Gasteiger partial charge is 0.494 e. The number of sulfonamides is 1. The summed E-state index contributed by atoms with van der Waals surface area (Å²) in [5, 5.41) is 5.50. The van der Waals surface area contributed by atoms with Gasteiger partial charge < -0.3 is 10.1 Å². The van der Waals surface area contributed by atoms with Crippen molar-refractivity contribution < 1.29 is 13.2 Å². The molecule has 0 amide bonds. The number of nitrogens with one attached hydrogen (secondary N) is 2. The minimum absolute atomic E-state index is 0.442. The summed E-state index contributed by atoms with van der Waals surface area (Å²) in [6, 6.07) is 19.5. The minimum Gasteiger partial charge on any atom is -0.494 e. The Morgan fingerprint density at radius 1 is 0.967 bits per heavy atom. The molecule has 154 valence electrons. The summed E-state index contributed by atoms with van der Waals surface area (Å²) in [4.78, 5) is 4.84. The highest BCUT2D eigenvalue weighted by Gasteiger charge is 2.13. The van der Waals surface area contributed by atoms with Gasteiger partial charge in [0.1, 0.15) is 5.75 Å². The van der Waals surface area contributed by atoms with Gasteiger partial charge in [-0.05, 0) is 36.2 Å². The lowest BCUT2D eigenvalue weighted by molar-refractivity contribution is 0.417. The molecule has 0 saturated heterocycles. The normalized spacial score (nSPS) is 11.6. The smallest absolute Gasteiger partial charge is 0.229 e. The van der Waals surface area contributed by atoms with Crippen LogP contribution in [0.2, 0.25) is 0 Å². The lowest BCUT2D eigenvalue weighted by atomic mass is 10.0. The number of rotatable bonds is 6. The number of para-hydroxylation sites is 1. The number of benzene rings is 3. The van der Waals surface area contributed by atoms with Gasteiger partial charge in [0.25, 0.3) is 0 Å². The molecule has 4 rings (SSSR count). The summed E-state index contributed by atoms with van der Waals surface area (Å²) in [7, 11) is -1.82. The van der Waals surface area contributed by atoms with Crippen LogP contribution in [0.25, 0.3) is 21.8 Å². The van der Waals surface area contributed by atoms with Crippen LogP contribution in [0.3, 0.4) is 0 Å². The molecule has 0 saturated carbocycles. The van der Waals surface area contributed by atoms with Crippen molar-refractivity contribution in [1.82, 2.24) is 4.98 Å². The molecule has 0 aliphatic heterocycles. The van der Waals surface area contributed by atoms with E-state index in [0.29, 0.717) is 11.4 Å². The molecule has 1 aromatic heterocycles. The summed E-state index contributed by atoms with van der Waals surface area (Å²) < 4.78 is 31.1. The highest BCUT2D eigenvalue weighted by Crippen LogP contribution is 2.37. The summed E-state index contributed by atoms with van der Waals surface area (Å²) >= 11 is 0. The molecular formula is C23H23N3O3S. The van der Waals surface area contributed by atoms with Crippen molar-refractivity contribution in [2.24, 2.45) is 0 Å². The van der Waals surface area contributed by atoms with Crippen LogP contribution in [0.1, 0.15) is 12.5 Å². The number of anilines is 3. The van der Waals surface area contributed by atoms with Crippen molar-refractivity contribution in [3.63, 3.8) is 0 Å². The molecule has 0 unspecified atom stereocenters. The Kier molecular flexibility index (Phi) is 5.22. The molecule has 0 radical (unpaired) electrons. The van der Waals surface area contributed by atoms with Crippen LogP contribution in [0.15, 0.2) is 60.7 Å². The van der Waals surface area contributed by atoms with Gasteiger partial charge in [-0.2, -0.15) is 0 Å². The number of hydrogen-bond acceptors (Lipinski definition) is 5. The maximum absolute atomic E-state index is 11.5. The van der Waals surface area contributed by atoms with Gasteiger partial charge in [-0.25, -0.2) is 13.4 Å². The standard InChI is InChI=1S/C23H23N3O3S/c1-4-15-9-11-18-21(13-15)24-19-8-6-5-7-17(19)23(18)25-20-12-10-16(14-22(20)29-2)26-30(3,27)28/h5-14,26H,4H2,1-3H3,(H,24,25). The lowest BCUT2D eigenvalue weighted by Gasteiger charge is -2.17. The second kappa shape index (κ2) is 7.84. The van der Waals surface area contributed by atoms with Crippen molar-refractivity contribution in [3.8, 4) is 5.75 Å². The molecule has 2 N–H and O–H groups in total. The van der Waals surface area contributed by atoms with Crippen molar-refractivity contribution >= 4 is 48.9 Å². The number of fused-ring (bicyclic) bond motifs is 2. The molecule has 0 fully saturated rings. The van der Waals surface area contributed by atoms with Gasteiger partial charge in [-0.3, -0.25) is 4.72 Å². The first-order valence-corrected chi connectivity index (χ1v) is 11.5. The first-order valence-electron chi connectivity index (χ1n) is 9.62. The molecule has 7 heteroatoms. The highest BCUT2D eigenvalue weighted by atomic mass is 32.2. The van der Waals surface area contributed by atoms with E-state index in [9.17, 15) is 8.42 Å². The quantitative estimate of drug-likeness (QED) is 0.425. The van der Waals surface area contributed by atoms with Gasteiger partial charge >= 0.3 is 0 Å². The second-order valence-electron chi connectivity index (χ2n) is 7.12. The summed E-state index contributed by atoms with van der Waals surface area (Å²) in [5.74, 6) is 0.530. The van der Waals surface area contributed by atoms with E-state index < -0.39 is 10.0 Å². The number of aromatic nitrogens is 1. The van der Waals surface area contributed by atoms with E-state index >= 15 is 0 Å². The SMILES string of the molecule is CCc1ccc2c(Nc3ccc(NS(C)(=O)=O)cc3OC)c3ccccc3nc2c1. The number of methoxy groups -OCH3 is 1. The lowest BCUT2D eigenvalue weighted by Crippen LogP contribution is -2.09. The van der Waals surface area contributed by atoms with Crippen LogP contribution in [-0.2, 0) is 16.4 Å². The first kappa shape index (κ1) is 20.0. The minimum atomic E-state index is -3.37. The Hall–Kier alpha value is -3.32. The molecule has 0 atom stereocenters. The van der Waals surface area contributed by atoms with Crippen molar-refractivity contribution in [2.45, 2.75) is 13.3 Å². The van der Waals surface area contributed by atoms with Gasteiger partial charge in [0, 0.05) is 16.8 Å². The summed E-state index contributed by atoms with van der Waals surface area (Å²) in [6.07, 6.45) is 2.06.